The van der Waals surface area contributed by atoms with Gasteiger partial charge in [0.05, 0.1) is 0 Å². The number of halogens is 1. The first-order valence-corrected chi connectivity index (χ1v) is 6.05. The van der Waals surface area contributed by atoms with Crippen molar-refractivity contribution >= 4 is 11.6 Å². The zero-order valence-electron chi connectivity index (χ0n) is 9.80. The normalized spacial score (nSPS) is 10.6. The van der Waals surface area contributed by atoms with Crippen LogP contribution in [0.25, 0.3) is 0 Å². The second-order valence-electron chi connectivity index (χ2n) is 3.74. The third kappa shape index (κ3) is 3.72. The van der Waals surface area contributed by atoms with E-state index in [9.17, 15) is 0 Å². The summed E-state index contributed by atoms with van der Waals surface area (Å²) >= 11 is 5.85. The minimum absolute atomic E-state index is 0.256. The van der Waals surface area contributed by atoms with Gasteiger partial charge >= 0.3 is 0 Å². The van der Waals surface area contributed by atoms with Crippen molar-refractivity contribution in [3.63, 3.8) is 0 Å². The van der Waals surface area contributed by atoms with Crippen LogP contribution in [0, 0.1) is 0 Å². The minimum Gasteiger partial charge on any atom is -0.485 e. The second-order valence-corrected chi connectivity index (χ2v) is 4.18. The quantitative estimate of drug-likeness (QED) is 0.868. The van der Waals surface area contributed by atoms with Crippen molar-refractivity contribution in [2.24, 2.45) is 5.73 Å². The molecule has 96 valence electrons. The summed E-state index contributed by atoms with van der Waals surface area (Å²) in [5, 5.41) is 4.45. The highest BCUT2D eigenvalue weighted by atomic mass is 35.5. The van der Waals surface area contributed by atoms with Gasteiger partial charge in [-0.05, 0) is 31.2 Å². The molecule has 0 aliphatic rings. The van der Waals surface area contributed by atoms with Crippen LogP contribution in [-0.4, -0.2) is 16.7 Å². The third-order valence-corrected chi connectivity index (χ3v) is 2.50. The monoisotopic (exact) mass is 267 g/mol. The molecule has 0 unspecified atom stereocenters. The predicted octanol–water partition coefficient (Wildman–Crippen LogP) is 2.19. The number of aryl methyl sites for hydroxylation is 1. The Kier molecular flexibility index (Phi) is 4.55. The summed E-state index contributed by atoms with van der Waals surface area (Å²) in [4.78, 5) is 4.19. The van der Waals surface area contributed by atoms with Crippen LogP contribution < -0.4 is 10.5 Å². The Hall–Kier alpha value is -1.59. The molecule has 2 N–H and O–H groups in total. The lowest BCUT2D eigenvalue weighted by Crippen LogP contribution is -2.01. The van der Waals surface area contributed by atoms with Gasteiger partial charge in [0, 0.05) is 11.4 Å². The van der Waals surface area contributed by atoms with E-state index in [0.717, 1.165) is 6.42 Å². The molecular formula is C12H14ClN3O2. The molecule has 1 aromatic heterocycles. The Morgan fingerprint density at radius 3 is 3.06 bits per heavy atom. The maximum absolute atomic E-state index is 5.85. The van der Waals surface area contributed by atoms with Crippen LogP contribution in [0.3, 0.4) is 0 Å². The van der Waals surface area contributed by atoms with Gasteiger partial charge in [-0.15, -0.1) is 0 Å². The predicted molar refractivity (Wildman–Crippen MR) is 67.5 cm³/mol. The molecule has 0 atom stereocenters. The van der Waals surface area contributed by atoms with E-state index in [1.165, 1.54) is 0 Å². The van der Waals surface area contributed by atoms with E-state index in [4.69, 9.17) is 26.6 Å². The van der Waals surface area contributed by atoms with E-state index in [-0.39, 0.29) is 6.61 Å². The van der Waals surface area contributed by atoms with Gasteiger partial charge in [0.1, 0.15) is 5.75 Å². The first-order chi connectivity index (χ1) is 8.78. The molecule has 1 heterocycles. The molecule has 5 nitrogen and oxygen atoms in total. The number of hydrogen-bond acceptors (Lipinski definition) is 5. The average molecular weight is 268 g/mol. The first-order valence-electron chi connectivity index (χ1n) is 5.68. The third-order valence-electron chi connectivity index (χ3n) is 2.27. The Bertz CT molecular complexity index is 502. The molecule has 0 saturated heterocycles. The van der Waals surface area contributed by atoms with Crippen LogP contribution in [0.5, 0.6) is 5.75 Å². The first kappa shape index (κ1) is 12.9. The number of nitrogens with zero attached hydrogens (tertiary/aromatic N) is 2. The molecule has 0 radical (unpaired) electrons. The molecule has 2 aromatic rings. The van der Waals surface area contributed by atoms with E-state index in [1.54, 1.807) is 12.1 Å². The highest BCUT2D eigenvalue weighted by Crippen LogP contribution is 2.17. The molecule has 0 aliphatic carbocycles. The Morgan fingerprint density at radius 1 is 1.39 bits per heavy atom. The van der Waals surface area contributed by atoms with Crippen molar-refractivity contribution in [2.75, 3.05) is 6.54 Å². The summed E-state index contributed by atoms with van der Waals surface area (Å²) in [6, 6.07) is 7.16. The number of hydrogen-bond donors (Lipinski definition) is 1. The zero-order chi connectivity index (χ0) is 12.8. The van der Waals surface area contributed by atoms with Gasteiger partial charge in [0.2, 0.25) is 11.7 Å². The summed E-state index contributed by atoms with van der Waals surface area (Å²) in [7, 11) is 0. The van der Waals surface area contributed by atoms with Crippen LogP contribution in [0.15, 0.2) is 28.8 Å². The number of benzene rings is 1. The number of aromatic nitrogens is 2. The summed E-state index contributed by atoms with van der Waals surface area (Å²) in [5.74, 6) is 1.78. The molecule has 0 fully saturated rings. The minimum atomic E-state index is 0.256. The molecule has 2 rings (SSSR count). The van der Waals surface area contributed by atoms with Gasteiger partial charge in [0.25, 0.3) is 0 Å². The van der Waals surface area contributed by atoms with Gasteiger partial charge in [-0.1, -0.05) is 22.8 Å². The van der Waals surface area contributed by atoms with Crippen LogP contribution >= 0.6 is 11.6 Å². The maximum Gasteiger partial charge on any atom is 0.226 e. The van der Waals surface area contributed by atoms with E-state index in [0.29, 0.717) is 35.5 Å². The Labute approximate surface area is 110 Å². The topological polar surface area (TPSA) is 74.2 Å². The lowest BCUT2D eigenvalue weighted by molar-refractivity contribution is 0.285. The fourth-order valence-electron chi connectivity index (χ4n) is 1.41. The lowest BCUT2D eigenvalue weighted by atomic mass is 10.3. The van der Waals surface area contributed by atoms with Crippen molar-refractivity contribution in [1.82, 2.24) is 10.1 Å². The van der Waals surface area contributed by atoms with Gasteiger partial charge in [-0.3, -0.25) is 0 Å². The van der Waals surface area contributed by atoms with Gasteiger partial charge in [-0.2, -0.15) is 4.98 Å². The molecule has 1 aromatic carbocycles. The fraction of sp³-hybridized carbons (Fsp3) is 0.333. The fourth-order valence-corrected chi connectivity index (χ4v) is 1.59. The van der Waals surface area contributed by atoms with Crippen molar-refractivity contribution in [2.45, 2.75) is 19.4 Å². The maximum atomic E-state index is 5.85. The SMILES string of the molecule is NCCCc1nc(COc2cccc(Cl)c2)no1. The lowest BCUT2D eigenvalue weighted by Gasteiger charge is -2.02. The van der Waals surface area contributed by atoms with Crippen LogP contribution in [0.1, 0.15) is 18.1 Å². The van der Waals surface area contributed by atoms with E-state index < -0.39 is 0 Å². The van der Waals surface area contributed by atoms with Crippen LogP contribution in [-0.2, 0) is 13.0 Å². The van der Waals surface area contributed by atoms with Crippen LogP contribution in [0.4, 0.5) is 0 Å². The summed E-state index contributed by atoms with van der Waals surface area (Å²) < 4.78 is 10.6. The smallest absolute Gasteiger partial charge is 0.226 e. The molecule has 0 aliphatic heterocycles. The van der Waals surface area contributed by atoms with Crippen molar-refractivity contribution < 1.29 is 9.26 Å². The van der Waals surface area contributed by atoms with E-state index in [1.807, 2.05) is 12.1 Å². The van der Waals surface area contributed by atoms with Crippen LogP contribution in [0.2, 0.25) is 5.02 Å². The molecule has 0 bridgehead atoms. The van der Waals surface area contributed by atoms with Gasteiger partial charge < -0.3 is 15.0 Å². The largest absolute Gasteiger partial charge is 0.485 e. The standard InChI is InChI=1S/C12H14ClN3O2/c13-9-3-1-4-10(7-9)17-8-11-15-12(18-16-11)5-2-6-14/h1,3-4,7H,2,5-6,8,14H2. The average Bonchev–Trinajstić information content (AvgIpc) is 2.82. The Morgan fingerprint density at radius 2 is 2.28 bits per heavy atom. The second kappa shape index (κ2) is 6.37. The molecule has 6 heteroatoms. The summed E-state index contributed by atoms with van der Waals surface area (Å²) in [5.41, 5.74) is 5.40. The van der Waals surface area contributed by atoms with E-state index >= 15 is 0 Å². The summed E-state index contributed by atoms with van der Waals surface area (Å²) in [6.45, 7) is 0.864. The van der Waals surface area contributed by atoms with Crippen molar-refractivity contribution in [3.05, 3.63) is 41.0 Å². The molecule has 0 amide bonds. The van der Waals surface area contributed by atoms with Crippen molar-refractivity contribution in [3.8, 4) is 5.75 Å². The molecular weight excluding hydrogens is 254 g/mol. The molecule has 18 heavy (non-hydrogen) atoms. The van der Waals surface area contributed by atoms with Crippen molar-refractivity contribution in [1.29, 1.82) is 0 Å². The highest BCUT2D eigenvalue weighted by Gasteiger charge is 2.06. The number of rotatable bonds is 6. The highest BCUT2D eigenvalue weighted by molar-refractivity contribution is 6.30. The Balaban J connectivity index is 1.88. The van der Waals surface area contributed by atoms with Gasteiger partial charge in [-0.25, -0.2) is 0 Å². The summed E-state index contributed by atoms with van der Waals surface area (Å²) in [6.07, 6.45) is 1.53. The van der Waals surface area contributed by atoms with Gasteiger partial charge in [0.15, 0.2) is 6.61 Å². The van der Waals surface area contributed by atoms with E-state index in [2.05, 4.69) is 10.1 Å². The molecule has 0 spiro atoms. The number of nitrogens with two attached hydrogens (primary N) is 1. The zero-order valence-corrected chi connectivity index (χ0v) is 10.6. The number of ether oxygens (including phenoxy) is 1. The molecule has 0 saturated carbocycles.